The zero-order chi connectivity index (χ0) is 15.7. The van der Waals surface area contributed by atoms with Crippen molar-refractivity contribution in [3.8, 4) is 0 Å². The quantitative estimate of drug-likeness (QED) is 0.926. The van der Waals surface area contributed by atoms with Gasteiger partial charge in [-0.25, -0.2) is 0 Å². The Morgan fingerprint density at radius 2 is 2.09 bits per heavy atom. The molecule has 0 bridgehead atoms. The molecule has 0 spiro atoms. The molecule has 1 saturated carbocycles. The van der Waals surface area contributed by atoms with Crippen molar-refractivity contribution in [3.63, 3.8) is 0 Å². The normalized spacial score (nSPS) is 27.7. The van der Waals surface area contributed by atoms with Crippen molar-refractivity contribution >= 4 is 5.91 Å². The Morgan fingerprint density at radius 1 is 1.32 bits per heavy atom. The second kappa shape index (κ2) is 5.91. The minimum atomic E-state index is -4.36. The number of carbonyl (C=O) groups excluding carboxylic acids is 1. The standard InChI is InChI=1S/C16H18F3NO2/c17-16(18,19)13-6-2-1-5-11(13)12-9-14(12)20-15(21)8-10-4-3-7-22-10/h1-2,5-6,10,12,14H,3-4,7-9H2,(H,20,21)/t10-,12-,14-/m0/s1. The van der Waals surface area contributed by atoms with Crippen LogP contribution in [0, 0.1) is 0 Å². The van der Waals surface area contributed by atoms with Crippen LogP contribution in [0.2, 0.25) is 0 Å². The third-order valence-corrected chi connectivity index (χ3v) is 4.24. The van der Waals surface area contributed by atoms with E-state index in [0.29, 0.717) is 19.4 Å². The van der Waals surface area contributed by atoms with Gasteiger partial charge in [0.15, 0.2) is 0 Å². The molecule has 0 aromatic heterocycles. The molecule has 1 N–H and O–H groups in total. The number of carbonyl (C=O) groups is 1. The SMILES string of the molecule is O=C(C[C@@H]1CCCO1)N[C@H]1C[C@H]1c1ccccc1C(F)(F)F. The van der Waals surface area contributed by atoms with E-state index in [1.807, 2.05) is 0 Å². The lowest BCUT2D eigenvalue weighted by molar-refractivity contribution is -0.138. The summed E-state index contributed by atoms with van der Waals surface area (Å²) in [6.07, 6.45) is -1.71. The molecule has 1 amide bonds. The molecule has 1 aliphatic carbocycles. The molecule has 3 nitrogen and oxygen atoms in total. The molecule has 2 fully saturated rings. The Balaban J connectivity index is 1.59. The van der Waals surface area contributed by atoms with E-state index in [0.717, 1.165) is 18.9 Å². The molecule has 1 aromatic carbocycles. The van der Waals surface area contributed by atoms with Crippen molar-refractivity contribution in [3.05, 3.63) is 35.4 Å². The summed E-state index contributed by atoms with van der Waals surface area (Å²) in [5.41, 5.74) is -0.326. The number of halogens is 3. The summed E-state index contributed by atoms with van der Waals surface area (Å²) in [5, 5.41) is 2.82. The van der Waals surface area contributed by atoms with E-state index < -0.39 is 11.7 Å². The number of rotatable bonds is 4. The summed E-state index contributed by atoms with van der Waals surface area (Å²) < 4.78 is 44.4. The summed E-state index contributed by atoms with van der Waals surface area (Å²) >= 11 is 0. The Kier molecular flexibility index (Phi) is 4.12. The number of alkyl halides is 3. The van der Waals surface area contributed by atoms with E-state index in [9.17, 15) is 18.0 Å². The molecule has 3 atom stereocenters. The monoisotopic (exact) mass is 313 g/mol. The number of nitrogens with one attached hydrogen (secondary N) is 1. The van der Waals surface area contributed by atoms with Gasteiger partial charge in [-0.05, 0) is 30.9 Å². The predicted octanol–water partition coefficient (Wildman–Crippen LogP) is 3.25. The fourth-order valence-corrected chi connectivity index (χ4v) is 3.05. The zero-order valence-corrected chi connectivity index (χ0v) is 12.0. The van der Waals surface area contributed by atoms with Crippen molar-refractivity contribution in [1.82, 2.24) is 5.32 Å². The Morgan fingerprint density at radius 3 is 2.77 bits per heavy atom. The third-order valence-electron chi connectivity index (χ3n) is 4.24. The Labute approximate surface area is 126 Å². The molecule has 1 saturated heterocycles. The van der Waals surface area contributed by atoms with Gasteiger partial charge >= 0.3 is 6.18 Å². The number of hydrogen-bond donors (Lipinski definition) is 1. The second-order valence-electron chi connectivity index (χ2n) is 5.94. The minimum Gasteiger partial charge on any atom is -0.378 e. The summed E-state index contributed by atoms with van der Waals surface area (Å²) in [6.45, 7) is 0.683. The lowest BCUT2D eigenvalue weighted by Gasteiger charge is -2.13. The van der Waals surface area contributed by atoms with Crippen molar-refractivity contribution in [2.45, 2.75) is 49.9 Å². The average Bonchev–Trinajstić information content (AvgIpc) is 3.01. The largest absolute Gasteiger partial charge is 0.416 e. The van der Waals surface area contributed by atoms with Crippen LogP contribution in [0.25, 0.3) is 0 Å². The first-order valence-corrected chi connectivity index (χ1v) is 7.52. The van der Waals surface area contributed by atoms with Crippen molar-refractivity contribution in [2.24, 2.45) is 0 Å². The summed E-state index contributed by atoms with van der Waals surface area (Å²) in [5.74, 6) is -0.379. The highest BCUT2D eigenvalue weighted by molar-refractivity contribution is 5.77. The topological polar surface area (TPSA) is 38.3 Å². The number of benzene rings is 1. The first-order chi connectivity index (χ1) is 10.4. The maximum Gasteiger partial charge on any atom is 0.416 e. The smallest absolute Gasteiger partial charge is 0.378 e. The van der Waals surface area contributed by atoms with E-state index in [2.05, 4.69) is 5.32 Å². The summed E-state index contributed by atoms with van der Waals surface area (Å²) in [4.78, 5) is 11.9. The fraction of sp³-hybridized carbons (Fsp3) is 0.562. The van der Waals surface area contributed by atoms with Crippen LogP contribution in [0.3, 0.4) is 0 Å². The highest BCUT2D eigenvalue weighted by atomic mass is 19.4. The number of ether oxygens (including phenoxy) is 1. The van der Waals surface area contributed by atoms with Gasteiger partial charge in [0.2, 0.25) is 5.91 Å². The van der Waals surface area contributed by atoms with Crippen LogP contribution in [0.1, 0.15) is 42.7 Å². The lowest BCUT2D eigenvalue weighted by Crippen LogP contribution is -2.29. The van der Waals surface area contributed by atoms with E-state index in [1.165, 1.54) is 12.1 Å². The molecule has 1 heterocycles. The molecular weight excluding hydrogens is 295 g/mol. The van der Waals surface area contributed by atoms with Crippen molar-refractivity contribution in [1.29, 1.82) is 0 Å². The van der Waals surface area contributed by atoms with Gasteiger partial charge < -0.3 is 10.1 Å². The number of hydrogen-bond acceptors (Lipinski definition) is 2. The highest BCUT2D eigenvalue weighted by Crippen LogP contribution is 2.46. The minimum absolute atomic E-state index is 0.0420. The van der Waals surface area contributed by atoms with Gasteiger partial charge in [-0.1, -0.05) is 18.2 Å². The van der Waals surface area contributed by atoms with Crippen molar-refractivity contribution < 1.29 is 22.7 Å². The zero-order valence-electron chi connectivity index (χ0n) is 12.0. The molecule has 3 rings (SSSR count). The molecule has 0 unspecified atom stereocenters. The maximum absolute atomic E-state index is 13.0. The van der Waals surface area contributed by atoms with E-state index >= 15 is 0 Å². The first-order valence-electron chi connectivity index (χ1n) is 7.52. The van der Waals surface area contributed by atoms with Crippen LogP contribution >= 0.6 is 0 Å². The Bertz CT molecular complexity index is 553. The number of amides is 1. The van der Waals surface area contributed by atoms with E-state index in [4.69, 9.17) is 4.74 Å². The Hall–Kier alpha value is -1.56. The maximum atomic E-state index is 13.0. The lowest BCUT2D eigenvalue weighted by atomic mass is 10.0. The van der Waals surface area contributed by atoms with E-state index in [1.54, 1.807) is 6.07 Å². The van der Waals surface area contributed by atoms with Crippen LogP contribution in [0.15, 0.2) is 24.3 Å². The van der Waals surface area contributed by atoms with Gasteiger partial charge in [-0.2, -0.15) is 13.2 Å². The van der Waals surface area contributed by atoms with Crippen LogP contribution < -0.4 is 5.32 Å². The van der Waals surface area contributed by atoms with Gasteiger partial charge in [0, 0.05) is 18.6 Å². The molecule has 1 aliphatic heterocycles. The molecule has 22 heavy (non-hydrogen) atoms. The molecule has 2 aliphatic rings. The molecule has 120 valence electrons. The molecule has 6 heteroatoms. The summed E-state index contributed by atoms with van der Waals surface area (Å²) in [7, 11) is 0. The van der Waals surface area contributed by atoms with Crippen LogP contribution in [0.5, 0.6) is 0 Å². The van der Waals surface area contributed by atoms with Crippen LogP contribution in [0.4, 0.5) is 13.2 Å². The van der Waals surface area contributed by atoms with Crippen LogP contribution in [-0.2, 0) is 15.7 Å². The van der Waals surface area contributed by atoms with Gasteiger partial charge in [0.05, 0.1) is 18.1 Å². The fourth-order valence-electron chi connectivity index (χ4n) is 3.05. The van der Waals surface area contributed by atoms with E-state index in [-0.39, 0.29) is 29.5 Å². The molecule has 1 aromatic rings. The van der Waals surface area contributed by atoms with Gasteiger partial charge in [0.1, 0.15) is 0 Å². The highest BCUT2D eigenvalue weighted by Gasteiger charge is 2.44. The average molecular weight is 313 g/mol. The van der Waals surface area contributed by atoms with Gasteiger partial charge in [0.25, 0.3) is 0 Å². The molecular formula is C16H18F3NO2. The summed E-state index contributed by atoms with van der Waals surface area (Å²) in [6, 6.07) is 5.39. The van der Waals surface area contributed by atoms with Gasteiger partial charge in [-0.15, -0.1) is 0 Å². The third kappa shape index (κ3) is 3.43. The molecule has 0 radical (unpaired) electrons. The second-order valence-corrected chi connectivity index (χ2v) is 5.94. The van der Waals surface area contributed by atoms with Gasteiger partial charge in [-0.3, -0.25) is 4.79 Å². The predicted molar refractivity (Wildman–Crippen MR) is 74.3 cm³/mol. The van der Waals surface area contributed by atoms with Crippen LogP contribution in [-0.4, -0.2) is 24.7 Å². The van der Waals surface area contributed by atoms with Crippen molar-refractivity contribution in [2.75, 3.05) is 6.61 Å². The first kappa shape index (κ1) is 15.3.